The summed E-state index contributed by atoms with van der Waals surface area (Å²) >= 11 is 0. The molecular weight excluding hydrogens is 315 g/mol. The van der Waals surface area contributed by atoms with E-state index in [1.165, 1.54) is 24.5 Å². The van der Waals surface area contributed by atoms with E-state index in [4.69, 9.17) is 14.0 Å². The van der Waals surface area contributed by atoms with Crippen molar-refractivity contribution in [3.05, 3.63) is 48.3 Å². The largest absolute Gasteiger partial charge is 0.497 e. The molecular formula is C17H18BF2NO3. The van der Waals surface area contributed by atoms with Crippen LogP contribution < -0.4 is 10.2 Å². The molecule has 0 bridgehead atoms. The van der Waals surface area contributed by atoms with E-state index in [1.807, 2.05) is 27.7 Å². The van der Waals surface area contributed by atoms with Crippen LogP contribution in [0.25, 0.3) is 0 Å². The summed E-state index contributed by atoms with van der Waals surface area (Å²) in [6.07, 6.45) is 3.00. The summed E-state index contributed by atoms with van der Waals surface area (Å²) in [5.74, 6) is -1.97. The maximum absolute atomic E-state index is 14.5. The van der Waals surface area contributed by atoms with Gasteiger partial charge in [0.1, 0.15) is 5.75 Å². The zero-order chi connectivity index (χ0) is 17.5. The molecule has 1 fully saturated rings. The Morgan fingerprint density at radius 1 is 0.917 bits per heavy atom. The zero-order valence-electron chi connectivity index (χ0n) is 14.0. The van der Waals surface area contributed by atoms with Gasteiger partial charge >= 0.3 is 7.12 Å². The number of hydrogen-bond donors (Lipinski definition) is 0. The van der Waals surface area contributed by atoms with E-state index in [-0.39, 0.29) is 11.2 Å². The van der Waals surface area contributed by atoms with E-state index in [9.17, 15) is 8.78 Å². The first kappa shape index (κ1) is 16.9. The van der Waals surface area contributed by atoms with Gasteiger partial charge in [0, 0.05) is 17.9 Å². The molecule has 4 nitrogen and oxygen atoms in total. The molecule has 0 amide bonds. The minimum absolute atomic E-state index is 0.00762. The van der Waals surface area contributed by atoms with E-state index in [0.29, 0.717) is 5.75 Å². The van der Waals surface area contributed by atoms with Crippen molar-refractivity contribution in [3.63, 3.8) is 0 Å². The minimum atomic E-state index is -1.08. The highest BCUT2D eigenvalue weighted by Gasteiger charge is 2.52. The molecule has 0 atom stereocenters. The number of ether oxygens (including phenoxy) is 1. The third-order valence-electron chi connectivity index (χ3n) is 4.46. The fraction of sp³-hybridized carbons (Fsp3) is 0.353. The molecule has 126 valence electrons. The lowest BCUT2D eigenvalue weighted by atomic mass is 9.78. The summed E-state index contributed by atoms with van der Waals surface area (Å²) in [6.45, 7) is 7.40. The Hall–Kier alpha value is -1.99. The Balaban J connectivity index is 1.89. The van der Waals surface area contributed by atoms with Gasteiger partial charge in [0.15, 0.2) is 11.6 Å². The number of rotatable bonds is 3. The average molecular weight is 333 g/mol. The minimum Gasteiger partial charge on any atom is -0.454 e. The number of aromatic nitrogens is 1. The second-order valence-electron chi connectivity index (χ2n) is 6.65. The van der Waals surface area contributed by atoms with E-state index in [1.54, 1.807) is 12.1 Å². The molecule has 1 saturated heterocycles. The molecule has 1 aliphatic rings. The second-order valence-corrected chi connectivity index (χ2v) is 6.65. The normalized spacial score (nSPS) is 18.7. The van der Waals surface area contributed by atoms with Crippen LogP contribution >= 0.6 is 0 Å². The summed E-state index contributed by atoms with van der Waals surface area (Å²) in [7, 11) is -0.973. The van der Waals surface area contributed by atoms with Crippen molar-refractivity contribution in [3.8, 4) is 11.5 Å². The molecule has 3 rings (SSSR count). The number of halogens is 2. The van der Waals surface area contributed by atoms with E-state index >= 15 is 0 Å². The van der Waals surface area contributed by atoms with Gasteiger partial charge in [0.05, 0.1) is 11.2 Å². The van der Waals surface area contributed by atoms with Crippen molar-refractivity contribution in [2.24, 2.45) is 0 Å². The lowest BCUT2D eigenvalue weighted by molar-refractivity contribution is 0.00578. The Bertz CT molecular complexity index is 737. The van der Waals surface area contributed by atoms with Crippen molar-refractivity contribution < 1.29 is 22.8 Å². The smallest absolute Gasteiger partial charge is 0.454 e. The Morgan fingerprint density at radius 2 is 1.50 bits per heavy atom. The number of pyridine rings is 1. The van der Waals surface area contributed by atoms with Crippen molar-refractivity contribution in [1.29, 1.82) is 0 Å². The number of nitrogens with zero attached hydrogens (tertiary/aromatic N) is 1. The molecule has 7 heteroatoms. The third kappa shape index (κ3) is 2.89. The first-order valence-corrected chi connectivity index (χ1v) is 7.63. The molecule has 1 aliphatic heterocycles. The van der Waals surface area contributed by atoms with Crippen LogP contribution in [0.3, 0.4) is 0 Å². The van der Waals surface area contributed by atoms with Crippen molar-refractivity contribution in [2.45, 2.75) is 38.9 Å². The first-order valence-electron chi connectivity index (χ1n) is 7.63. The van der Waals surface area contributed by atoms with E-state index in [0.717, 1.165) is 0 Å². The van der Waals surface area contributed by atoms with Gasteiger partial charge in [0.2, 0.25) is 5.82 Å². The predicted molar refractivity (Wildman–Crippen MR) is 86.4 cm³/mol. The standard InChI is InChI=1S/C17H18BF2NO3/c1-16(2)17(3,4)24-18(23-16)12-5-6-13(15(20)14(12)19)22-11-7-9-21-10-8-11/h5-10H,1-4H3. The lowest BCUT2D eigenvalue weighted by Crippen LogP contribution is -2.41. The average Bonchev–Trinajstić information content (AvgIpc) is 2.73. The van der Waals surface area contributed by atoms with E-state index < -0.39 is 30.0 Å². The zero-order valence-corrected chi connectivity index (χ0v) is 14.0. The van der Waals surface area contributed by atoms with Gasteiger partial charge in [-0.05, 0) is 45.9 Å². The van der Waals surface area contributed by atoms with Crippen LogP contribution in [-0.4, -0.2) is 23.3 Å². The summed E-state index contributed by atoms with van der Waals surface area (Å²) in [6, 6.07) is 5.88. The molecule has 0 aliphatic carbocycles. The van der Waals surface area contributed by atoms with Gasteiger partial charge in [-0.3, -0.25) is 4.98 Å². The fourth-order valence-electron chi connectivity index (χ4n) is 2.31. The molecule has 0 unspecified atom stereocenters. The van der Waals surface area contributed by atoms with Gasteiger partial charge in [-0.15, -0.1) is 0 Å². The SMILES string of the molecule is CC1(C)OB(c2ccc(Oc3ccncc3)c(F)c2F)OC1(C)C. The van der Waals surface area contributed by atoms with Crippen LogP contribution in [0.2, 0.25) is 0 Å². The highest BCUT2D eigenvalue weighted by atomic mass is 19.2. The molecule has 1 aromatic heterocycles. The van der Waals surface area contributed by atoms with Gasteiger partial charge in [-0.25, -0.2) is 4.39 Å². The van der Waals surface area contributed by atoms with Crippen LogP contribution in [0.1, 0.15) is 27.7 Å². The monoisotopic (exact) mass is 333 g/mol. The molecule has 0 N–H and O–H groups in total. The lowest BCUT2D eigenvalue weighted by Gasteiger charge is -2.32. The predicted octanol–water partition coefficient (Wildman–Crippen LogP) is 3.45. The summed E-state index contributed by atoms with van der Waals surface area (Å²) < 4.78 is 45.7. The van der Waals surface area contributed by atoms with Crippen LogP contribution in [0.4, 0.5) is 8.78 Å². The quantitative estimate of drug-likeness (QED) is 0.807. The molecule has 24 heavy (non-hydrogen) atoms. The van der Waals surface area contributed by atoms with Crippen molar-refractivity contribution in [1.82, 2.24) is 4.98 Å². The van der Waals surface area contributed by atoms with Crippen molar-refractivity contribution >= 4 is 12.6 Å². The van der Waals surface area contributed by atoms with Gasteiger partial charge in [0.25, 0.3) is 0 Å². The van der Waals surface area contributed by atoms with Crippen molar-refractivity contribution in [2.75, 3.05) is 0 Å². The maximum atomic E-state index is 14.5. The van der Waals surface area contributed by atoms with Crippen LogP contribution in [0.15, 0.2) is 36.7 Å². The maximum Gasteiger partial charge on any atom is 0.497 e. The fourth-order valence-corrected chi connectivity index (χ4v) is 2.31. The van der Waals surface area contributed by atoms with Crippen LogP contribution in [0, 0.1) is 11.6 Å². The number of benzene rings is 1. The van der Waals surface area contributed by atoms with Gasteiger partial charge in [-0.1, -0.05) is 6.07 Å². The van der Waals surface area contributed by atoms with E-state index in [2.05, 4.69) is 4.98 Å². The highest BCUT2D eigenvalue weighted by molar-refractivity contribution is 6.62. The second kappa shape index (κ2) is 5.83. The number of hydrogen-bond acceptors (Lipinski definition) is 4. The third-order valence-corrected chi connectivity index (χ3v) is 4.46. The van der Waals surface area contributed by atoms with Crippen LogP contribution in [-0.2, 0) is 9.31 Å². The Kier molecular flexibility index (Phi) is 4.09. The Labute approximate surface area is 139 Å². The first-order chi connectivity index (χ1) is 11.2. The molecule has 0 radical (unpaired) electrons. The molecule has 0 spiro atoms. The highest BCUT2D eigenvalue weighted by Crippen LogP contribution is 2.37. The van der Waals surface area contributed by atoms with Crippen LogP contribution in [0.5, 0.6) is 11.5 Å². The Morgan fingerprint density at radius 3 is 2.08 bits per heavy atom. The topological polar surface area (TPSA) is 40.6 Å². The summed E-state index contributed by atoms with van der Waals surface area (Å²) in [5.41, 5.74) is -1.26. The van der Waals surface area contributed by atoms with Gasteiger partial charge in [-0.2, -0.15) is 4.39 Å². The summed E-state index contributed by atoms with van der Waals surface area (Å²) in [5, 5.41) is 0. The molecule has 2 heterocycles. The molecule has 0 saturated carbocycles. The van der Waals surface area contributed by atoms with Gasteiger partial charge < -0.3 is 14.0 Å². The molecule has 1 aromatic carbocycles. The molecule has 2 aromatic rings. The summed E-state index contributed by atoms with van der Waals surface area (Å²) in [4.78, 5) is 3.84.